The fraction of sp³-hybridized carbons (Fsp3) is 0.476. The third-order valence-corrected chi connectivity index (χ3v) is 7.40. The first-order valence-electron chi connectivity index (χ1n) is 9.65. The van der Waals surface area contributed by atoms with Gasteiger partial charge in [0.25, 0.3) is 0 Å². The number of aromatic nitrogens is 2. The van der Waals surface area contributed by atoms with Crippen LogP contribution in [0.25, 0.3) is 0 Å². The molecule has 6 nitrogen and oxygen atoms in total. The monoisotopic (exact) mass is 397 g/mol. The molecule has 0 unspecified atom stereocenters. The molecule has 3 aliphatic carbocycles. The summed E-state index contributed by atoms with van der Waals surface area (Å²) in [6.45, 7) is 0. The number of carbonyl (C=O) groups excluding carboxylic acids is 1. The first kappa shape index (κ1) is 17.7. The highest BCUT2D eigenvalue weighted by Gasteiger charge is 2.64. The van der Waals surface area contributed by atoms with E-state index in [-0.39, 0.29) is 11.8 Å². The van der Waals surface area contributed by atoms with Gasteiger partial charge in [-0.25, -0.2) is 0 Å². The molecule has 146 valence electrons. The molecule has 1 spiro atoms. The van der Waals surface area contributed by atoms with Crippen molar-refractivity contribution in [1.29, 1.82) is 0 Å². The maximum absolute atomic E-state index is 12.8. The Bertz CT molecular complexity index is 950. The second kappa shape index (κ2) is 6.58. The molecule has 1 N–H and O–H groups in total. The highest BCUT2D eigenvalue weighted by molar-refractivity contribution is 7.15. The van der Waals surface area contributed by atoms with Crippen molar-refractivity contribution < 1.29 is 14.3 Å². The van der Waals surface area contributed by atoms with Crippen molar-refractivity contribution in [2.24, 2.45) is 23.2 Å². The van der Waals surface area contributed by atoms with Crippen molar-refractivity contribution in [3.8, 4) is 11.5 Å². The van der Waals surface area contributed by atoms with E-state index in [1.165, 1.54) is 24.2 Å². The minimum absolute atomic E-state index is 0.0794. The maximum Gasteiger partial charge on any atom is 0.229 e. The number of benzene rings is 1. The quantitative estimate of drug-likeness (QED) is 0.753. The van der Waals surface area contributed by atoms with Crippen LogP contribution in [0.5, 0.6) is 11.5 Å². The van der Waals surface area contributed by atoms with E-state index in [9.17, 15) is 4.79 Å². The molecule has 1 aromatic carbocycles. The lowest BCUT2D eigenvalue weighted by Gasteiger charge is -2.18. The Labute approximate surface area is 168 Å². The molecule has 0 aliphatic heterocycles. The summed E-state index contributed by atoms with van der Waals surface area (Å²) in [6, 6.07) is 5.81. The number of methoxy groups -OCH3 is 2. The number of hydrogen-bond acceptors (Lipinski definition) is 6. The Kier molecular flexibility index (Phi) is 4.16. The standard InChI is InChI=1S/C21H23N3O3S/c1-26-16-6-3-12(9-17(16)27-2)10-18-23-24-20(28-18)22-19(25)14-11-13-4-5-15(14)21(13)7-8-21/h3-6,9,13-15H,7-8,10-11H2,1-2H3,(H,22,24,25)/t13-,14-,15-/m1/s1. The Morgan fingerprint density at radius 1 is 1.21 bits per heavy atom. The zero-order chi connectivity index (χ0) is 19.3. The zero-order valence-electron chi connectivity index (χ0n) is 16.0. The molecular formula is C21H23N3O3S. The van der Waals surface area contributed by atoms with Gasteiger partial charge in [-0.05, 0) is 54.2 Å². The van der Waals surface area contributed by atoms with Crippen LogP contribution >= 0.6 is 11.3 Å². The number of ether oxygens (including phenoxy) is 2. The number of nitrogens with zero attached hydrogens (tertiary/aromatic N) is 2. The molecule has 7 heteroatoms. The van der Waals surface area contributed by atoms with Crippen LogP contribution in [0.2, 0.25) is 0 Å². The number of rotatable bonds is 6. The summed E-state index contributed by atoms with van der Waals surface area (Å²) in [6.07, 6.45) is 8.75. The fourth-order valence-electron chi connectivity index (χ4n) is 5.01. The number of carbonyl (C=O) groups is 1. The molecule has 1 aromatic heterocycles. The molecule has 2 aromatic rings. The normalized spacial score (nSPS) is 25.9. The van der Waals surface area contributed by atoms with Crippen molar-refractivity contribution in [2.45, 2.75) is 25.7 Å². The Hall–Kier alpha value is -2.41. The van der Waals surface area contributed by atoms with Gasteiger partial charge in [-0.15, -0.1) is 10.2 Å². The summed E-state index contributed by atoms with van der Waals surface area (Å²) >= 11 is 1.43. The number of hydrogen-bond donors (Lipinski definition) is 1. The number of allylic oxidation sites excluding steroid dienone is 2. The minimum atomic E-state index is 0.0794. The van der Waals surface area contributed by atoms with Gasteiger partial charge in [-0.3, -0.25) is 4.79 Å². The van der Waals surface area contributed by atoms with E-state index in [1.54, 1.807) is 14.2 Å². The summed E-state index contributed by atoms with van der Waals surface area (Å²) in [4.78, 5) is 12.8. The molecule has 0 radical (unpaired) electrons. The Morgan fingerprint density at radius 3 is 2.75 bits per heavy atom. The van der Waals surface area contributed by atoms with E-state index in [0.717, 1.165) is 17.0 Å². The van der Waals surface area contributed by atoms with Crippen molar-refractivity contribution in [3.63, 3.8) is 0 Å². The van der Waals surface area contributed by atoms with Gasteiger partial charge >= 0.3 is 0 Å². The van der Waals surface area contributed by atoms with Crippen LogP contribution in [0.15, 0.2) is 30.4 Å². The molecule has 1 heterocycles. The third-order valence-electron chi connectivity index (χ3n) is 6.56. The SMILES string of the molecule is COc1ccc(Cc2nnc(NC(=O)[C@@H]3C[C@H]4C=C[C@H]3C43CC3)s2)cc1OC. The minimum Gasteiger partial charge on any atom is -0.493 e. The van der Waals surface area contributed by atoms with Gasteiger partial charge in [-0.1, -0.05) is 29.6 Å². The van der Waals surface area contributed by atoms with Crippen LogP contribution in [-0.4, -0.2) is 30.3 Å². The molecule has 3 atom stereocenters. The van der Waals surface area contributed by atoms with E-state index in [2.05, 4.69) is 27.7 Å². The van der Waals surface area contributed by atoms with Crippen molar-refractivity contribution in [2.75, 3.05) is 19.5 Å². The fourth-order valence-corrected chi connectivity index (χ4v) is 5.79. The summed E-state index contributed by atoms with van der Waals surface area (Å²) in [5.74, 6) is 2.58. The summed E-state index contributed by atoms with van der Waals surface area (Å²) in [7, 11) is 3.24. The van der Waals surface area contributed by atoms with Gasteiger partial charge in [0.05, 0.1) is 14.2 Å². The second-order valence-electron chi connectivity index (χ2n) is 7.95. The lowest BCUT2D eigenvalue weighted by Crippen LogP contribution is -2.27. The van der Waals surface area contributed by atoms with Gasteiger partial charge in [0, 0.05) is 12.3 Å². The van der Waals surface area contributed by atoms with Crippen molar-refractivity contribution in [3.05, 3.63) is 40.9 Å². The molecular weight excluding hydrogens is 374 g/mol. The average Bonchev–Trinajstić information content (AvgIpc) is 3.18. The van der Waals surface area contributed by atoms with E-state index in [1.807, 2.05) is 18.2 Å². The molecule has 28 heavy (non-hydrogen) atoms. The van der Waals surface area contributed by atoms with Crippen LogP contribution < -0.4 is 14.8 Å². The molecule has 3 aliphatic rings. The van der Waals surface area contributed by atoms with E-state index in [4.69, 9.17) is 9.47 Å². The topological polar surface area (TPSA) is 73.3 Å². The van der Waals surface area contributed by atoms with Gasteiger partial charge < -0.3 is 14.8 Å². The van der Waals surface area contributed by atoms with E-state index < -0.39 is 0 Å². The predicted octanol–water partition coefficient (Wildman–Crippen LogP) is 3.69. The highest BCUT2D eigenvalue weighted by atomic mass is 32.1. The van der Waals surface area contributed by atoms with Gasteiger partial charge in [0.1, 0.15) is 5.01 Å². The van der Waals surface area contributed by atoms with E-state index >= 15 is 0 Å². The van der Waals surface area contributed by atoms with E-state index in [0.29, 0.717) is 40.3 Å². The van der Waals surface area contributed by atoms with Crippen LogP contribution in [0, 0.1) is 23.2 Å². The molecule has 0 saturated heterocycles. The number of amides is 1. The summed E-state index contributed by atoms with van der Waals surface area (Å²) < 4.78 is 10.6. The maximum atomic E-state index is 12.8. The smallest absolute Gasteiger partial charge is 0.229 e. The second-order valence-corrected chi connectivity index (χ2v) is 9.01. The molecule has 2 saturated carbocycles. The van der Waals surface area contributed by atoms with Gasteiger partial charge in [0.15, 0.2) is 11.5 Å². The Balaban J connectivity index is 1.24. The van der Waals surface area contributed by atoms with Crippen molar-refractivity contribution in [1.82, 2.24) is 10.2 Å². The Morgan fingerprint density at radius 2 is 2.04 bits per heavy atom. The van der Waals surface area contributed by atoms with Crippen LogP contribution in [0.4, 0.5) is 5.13 Å². The van der Waals surface area contributed by atoms with Gasteiger partial charge in [-0.2, -0.15) is 0 Å². The third kappa shape index (κ3) is 2.80. The summed E-state index contributed by atoms with van der Waals surface area (Å²) in [5.41, 5.74) is 1.47. The highest BCUT2D eigenvalue weighted by Crippen LogP contribution is 2.70. The largest absolute Gasteiger partial charge is 0.493 e. The number of anilines is 1. The molecule has 5 rings (SSSR count). The lowest BCUT2D eigenvalue weighted by atomic mass is 9.88. The van der Waals surface area contributed by atoms with Crippen LogP contribution in [0.3, 0.4) is 0 Å². The summed E-state index contributed by atoms with van der Waals surface area (Å²) in [5, 5.41) is 12.9. The van der Waals surface area contributed by atoms with Crippen LogP contribution in [-0.2, 0) is 11.2 Å². The first-order valence-corrected chi connectivity index (χ1v) is 10.5. The molecule has 1 amide bonds. The van der Waals surface area contributed by atoms with Gasteiger partial charge in [0.2, 0.25) is 11.0 Å². The van der Waals surface area contributed by atoms with Crippen molar-refractivity contribution >= 4 is 22.4 Å². The average molecular weight is 398 g/mol. The first-order chi connectivity index (χ1) is 13.6. The lowest BCUT2D eigenvalue weighted by molar-refractivity contribution is -0.120. The molecule has 2 bridgehead atoms. The molecule has 2 fully saturated rings. The van der Waals surface area contributed by atoms with Crippen LogP contribution in [0.1, 0.15) is 29.8 Å². The zero-order valence-corrected chi connectivity index (χ0v) is 16.8. The number of nitrogens with one attached hydrogen (secondary N) is 1. The predicted molar refractivity (Wildman–Crippen MR) is 107 cm³/mol.